The first kappa shape index (κ1) is 12.6. The molecule has 1 unspecified atom stereocenters. The number of halogens is 1. The molecule has 1 aromatic heterocycles. The van der Waals surface area contributed by atoms with Crippen molar-refractivity contribution < 1.29 is 4.74 Å². The van der Waals surface area contributed by atoms with Crippen molar-refractivity contribution in [1.29, 1.82) is 0 Å². The van der Waals surface area contributed by atoms with E-state index in [9.17, 15) is 0 Å². The topological polar surface area (TPSA) is 47.3 Å². The minimum atomic E-state index is 0.00320. The standard InChI is InChI=1S/C12H13BrN2OS/c1-16-11-3-2-8(6-10(11)13)12(15-14)9-4-5-17-7-9/h2-7,12,15H,14H2,1H3. The molecule has 3 nitrogen and oxygen atoms in total. The molecular formula is C12H13BrN2OS. The molecule has 1 heterocycles. The number of hydrazine groups is 1. The summed E-state index contributed by atoms with van der Waals surface area (Å²) < 4.78 is 6.13. The van der Waals surface area contributed by atoms with Gasteiger partial charge in [-0.25, -0.2) is 5.43 Å². The molecule has 2 aromatic rings. The van der Waals surface area contributed by atoms with Crippen LogP contribution >= 0.6 is 27.3 Å². The zero-order valence-corrected chi connectivity index (χ0v) is 11.7. The zero-order chi connectivity index (χ0) is 12.3. The molecule has 0 saturated carbocycles. The fourth-order valence-electron chi connectivity index (χ4n) is 1.69. The highest BCUT2D eigenvalue weighted by Crippen LogP contribution is 2.30. The van der Waals surface area contributed by atoms with E-state index in [0.29, 0.717) is 0 Å². The van der Waals surface area contributed by atoms with Crippen molar-refractivity contribution in [3.8, 4) is 5.75 Å². The molecule has 1 aromatic carbocycles. The molecule has 1 atom stereocenters. The maximum atomic E-state index is 5.62. The lowest BCUT2D eigenvalue weighted by Crippen LogP contribution is -2.28. The van der Waals surface area contributed by atoms with E-state index in [2.05, 4.69) is 32.8 Å². The Balaban J connectivity index is 2.35. The van der Waals surface area contributed by atoms with Gasteiger partial charge >= 0.3 is 0 Å². The van der Waals surface area contributed by atoms with E-state index in [1.165, 1.54) is 0 Å². The summed E-state index contributed by atoms with van der Waals surface area (Å²) in [4.78, 5) is 0. The Morgan fingerprint density at radius 2 is 2.18 bits per heavy atom. The summed E-state index contributed by atoms with van der Waals surface area (Å²) in [6.45, 7) is 0. The van der Waals surface area contributed by atoms with E-state index in [4.69, 9.17) is 10.6 Å². The molecule has 5 heteroatoms. The van der Waals surface area contributed by atoms with Gasteiger partial charge in [-0.05, 0) is 56.0 Å². The van der Waals surface area contributed by atoms with Gasteiger partial charge in [0.1, 0.15) is 5.75 Å². The van der Waals surface area contributed by atoms with Crippen molar-refractivity contribution >= 4 is 27.3 Å². The Kier molecular flexibility index (Phi) is 4.17. The van der Waals surface area contributed by atoms with Gasteiger partial charge in [0.2, 0.25) is 0 Å². The lowest BCUT2D eigenvalue weighted by atomic mass is 10.0. The monoisotopic (exact) mass is 312 g/mol. The second-order valence-corrected chi connectivity index (χ2v) is 5.18. The number of nitrogens with one attached hydrogen (secondary N) is 1. The van der Waals surface area contributed by atoms with Crippen LogP contribution < -0.4 is 16.0 Å². The van der Waals surface area contributed by atoms with E-state index in [-0.39, 0.29) is 6.04 Å². The van der Waals surface area contributed by atoms with Crippen LogP contribution in [-0.2, 0) is 0 Å². The molecule has 0 aliphatic carbocycles. The van der Waals surface area contributed by atoms with Crippen LogP contribution in [0.15, 0.2) is 39.5 Å². The number of rotatable bonds is 4. The van der Waals surface area contributed by atoms with E-state index in [1.54, 1.807) is 18.4 Å². The van der Waals surface area contributed by atoms with Crippen LogP contribution in [0.5, 0.6) is 5.75 Å². The van der Waals surface area contributed by atoms with Gasteiger partial charge in [0, 0.05) is 0 Å². The number of hydrogen-bond acceptors (Lipinski definition) is 4. The van der Waals surface area contributed by atoms with Gasteiger partial charge in [0.25, 0.3) is 0 Å². The van der Waals surface area contributed by atoms with Crippen LogP contribution in [0.1, 0.15) is 17.2 Å². The van der Waals surface area contributed by atoms with Crippen LogP contribution in [0.2, 0.25) is 0 Å². The highest BCUT2D eigenvalue weighted by molar-refractivity contribution is 9.10. The van der Waals surface area contributed by atoms with Crippen molar-refractivity contribution in [1.82, 2.24) is 5.43 Å². The van der Waals surface area contributed by atoms with Gasteiger partial charge < -0.3 is 4.74 Å². The first-order valence-electron chi connectivity index (χ1n) is 5.08. The third-order valence-electron chi connectivity index (χ3n) is 2.55. The Labute approximate surface area is 113 Å². The molecule has 2 rings (SSSR count). The van der Waals surface area contributed by atoms with Crippen molar-refractivity contribution in [2.75, 3.05) is 7.11 Å². The summed E-state index contributed by atoms with van der Waals surface area (Å²) in [5.74, 6) is 6.44. The van der Waals surface area contributed by atoms with Crippen molar-refractivity contribution in [2.24, 2.45) is 5.84 Å². The Bertz CT molecular complexity index is 487. The minimum absolute atomic E-state index is 0.00320. The fourth-order valence-corrected chi connectivity index (χ4v) is 2.93. The number of benzene rings is 1. The highest BCUT2D eigenvalue weighted by atomic mass is 79.9. The maximum absolute atomic E-state index is 5.62. The number of hydrogen-bond donors (Lipinski definition) is 2. The summed E-state index contributed by atoms with van der Waals surface area (Å²) in [5, 5.41) is 4.13. The largest absolute Gasteiger partial charge is 0.496 e. The number of ether oxygens (including phenoxy) is 1. The summed E-state index contributed by atoms with van der Waals surface area (Å²) in [6.07, 6.45) is 0. The van der Waals surface area contributed by atoms with Crippen LogP contribution in [0, 0.1) is 0 Å². The van der Waals surface area contributed by atoms with E-state index in [1.807, 2.05) is 23.6 Å². The molecular weight excluding hydrogens is 300 g/mol. The van der Waals surface area contributed by atoms with Gasteiger partial charge in [-0.15, -0.1) is 0 Å². The minimum Gasteiger partial charge on any atom is -0.496 e. The average Bonchev–Trinajstić information content (AvgIpc) is 2.84. The second-order valence-electron chi connectivity index (χ2n) is 3.55. The average molecular weight is 313 g/mol. The third kappa shape index (κ3) is 2.69. The van der Waals surface area contributed by atoms with Crippen molar-refractivity contribution in [3.05, 3.63) is 50.6 Å². The molecule has 17 heavy (non-hydrogen) atoms. The van der Waals surface area contributed by atoms with Gasteiger partial charge in [0.15, 0.2) is 0 Å². The fraction of sp³-hybridized carbons (Fsp3) is 0.167. The Morgan fingerprint density at radius 1 is 1.35 bits per heavy atom. The summed E-state index contributed by atoms with van der Waals surface area (Å²) >= 11 is 5.13. The Morgan fingerprint density at radius 3 is 2.71 bits per heavy atom. The molecule has 0 aliphatic rings. The molecule has 0 amide bonds. The lowest BCUT2D eigenvalue weighted by molar-refractivity contribution is 0.412. The molecule has 0 spiro atoms. The second kappa shape index (κ2) is 5.64. The van der Waals surface area contributed by atoms with Crippen LogP contribution in [0.4, 0.5) is 0 Å². The zero-order valence-electron chi connectivity index (χ0n) is 9.31. The normalized spacial score (nSPS) is 12.4. The van der Waals surface area contributed by atoms with Gasteiger partial charge in [-0.3, -0.25) is 5.84 Å². The molecule has 90 valence electrons. The first-order chi connectivity index (χ1) is 8.26. The Hall–Kier alpha value is -0.880. The van der Waals surface area contributed by atoms with Crippen LogP contribution in [0.3, 0.4) is 0 Å². The van der Waals surface area contributed by atoms with Crippen LogP contribution in [-0.4, -0.2) is 7.11 Å². The lowest BCUT2D eigenvalue weighted by Gasteiger charge is -2.16. The van der Waals surface area contributed by atoms with Gasteiger partial charge in [-0.2, -0.15) is 11.3 Å². The van der Waals surface area contributed by atoms with E-state index in [0.717, 1.165) is 21.3 Å². The number of thiophene rings is 1. The van der Waals surface area contributed by atoms with Crippen molar-refractivity contribution in [3.63, 3.8) is 0 Å². The summed E-state index contributed by atoms with van der Waals surface area (Å²) in [7, 11) is 1.65. The quantitative estimate of drug-likeness (QED) is 0.674. The van der Waals surface area contributed by atoms with E-state index >= 15 is 0 Å². The molecule has 3 N–H and O–H groups in total. The molecule has 0 radical (unpaired) electrons. The van der Waals surface area contributed by atoms with Gasteiger partial charge in [0.05, 0.1) is 17.6 Å². The summed E-state index contributed by atoms with van der Waals surface area (Å²) in [5.41, 5.74) is 5.09. The maximum Gasteiger partial charge on any atom is 0.133 e. The number of nitrogens with two attached hydrogens (primary N) is 1. The predicted octanol–water partition coefficient (Wildman–Crippen LogP) is 3.07. The summed E-state index contributed by atoms with van der Waals surface area (Å²) in [6, 6.07) is 8.01. The smallest absolute Gasteiger partial charge is 0.133 e. The first-order valence-corrected chi connectivity index (χ1v) is 6.81. The number of methoxy groups -OCH3 is 1. The molecule has 0 aliphatic heterocycles. The SMILES string of the molecule is COc1ccc(C(NN)c2ccsc2)cc1Br. The third-order valence-corrected chi connectivity index (χ3v) is 3.87. The molecule has 0 bridgehead atoms. The highest BCUT2D eigenvalue weighted by Gasteiger charge is 2.14. The van der Waals surface area contributed by atoms with Crippen molar-refractivity contribution in [2.45, 2.75) is 6.04 Å². The van der Waals surface area contributed by atoms with Gasteiger partial charge in [-0.1, -0.05) is 6.07 Å². The predicted molar refractivity (Wildman–Crippen MR) is 74.2 cm³/mol. The molecule has 0 saturated heterocycles. The van der Waals surface area contributed by atoms with E-state index < -0.39 is 0 Å². The van der Waals surface area contributed by atoms with Crippen LogP contribution in [0.25, 0.3) is 0 Å². The molecule has 0 fully saturated rings.